The maximum absolute atomic E-state index is 13.3. The Morgan fingerprint density at radius 2 is 2.05 bits per heavy atom. The van der Waals surface area contributed by atoms with Gasteiger partial charge in [0.15, 0.2) is 17.3 Å². The van der Waals surface area contributed by atoms with E-state index in [0.717, 1.165) is 0 Å². The van der Waals surface area contributed by atoms with Crippen LogP contribution in [0.25, 0.3) is 0 Å². The molecular weight excluding hydrogens is 281 g/mol. The molecule has 1 aromatic carbocycles. The van der Waals surface area contributed by atoms with Crippen LogP contribution in [0.1, 0.15) is 6.42 Å². The molecule has 1 aliphatic rings. The summed E-state index contributed by atoms with van der Waals surface area (Å²) in [6.07, 6.45) is -1.63. The zero-order valence-electron chi connectivity index (χ0n) is 9.69. The van der Waals surface area contributed by atoms with Gasteiger partial charge in [0, 0.05) is 18.6 Å². The summed E-state index contributed by atoms with van der Waals surface area (Å²) in [5.74, 6) is -6.29. The van der Waals surface area contributed by atoms with Gasteiger partial charge in [-0.1, -0.05) is 5.16 Å². The lowest BCUT2D eigenvalue weighted by Crippen LogP contribution is -2.29. The van der Waals surface area contributed by atoms with Crippen molar-refractivity contribution in [3.05, 3.63) is 29.6 Å². The smallest absolute Gasteiger partial charge is 0.353 e. The molecule has 9 heteroatoms. The minimum Gasteiger partial charge on any atom is -0.477 e. The monoisotopic (exact) mass is 288 g/mol. The molecule has 2 rings (SSSR count). The molecule has 1 heterocycles. The van der Waals surface area contributed by atoms with E-state index in [2.05, 4.69) is 9.99 Å². The predicted octanol–water partition coefficient (Wildman–Crippen LogP) is 1.27. The SMILES string of the molecule is O=C(O)C1=NOC(C(=O)Nc2cc(F)cc(F)c2F)C1. The third-order valence-corrected chi connectivity index (χ3v) is 2.46. The summed E-state index contributed by atoms with van der Waals surface area (Å²) in [5.41, 5.74) is -1.09. The highest BCUT2D eigenvalue weighted by molar-refractivity contribution is 6.36. The molecule has 2 N–H and O–H groups in total. The van der Waals surface area contributed by atoms with Crippen LogP contribution >= 0.6 is 0 Å². The van der Waals surface area contributed by atoms with Crippen molar-refractivity contribution in [3.8, 4) is 0 Å². The largest absolute Gasteiger partial charge is 0.477 e. The van der Waals surface area contributed by atoms with Crippen LogP contribution in [0.4, 0.5) is 18.9 Å². The highest BCUT2D eigenvalue weighted by Gasteiger charge is 2.32. The molecule has 20 heavy (non-hydrogen) atoms. The number of anilines is 1. The van der Waals surface area contributed by atoms with Crippen LogP contribution in [-0.2, 0) is 14.4 Å². The minimum absolute atomic E-state index is 0.322. The number of hydrogen-bond donors (Lipinski definition) is 2. The van der Waals surface area contributed by atoms with Crippen molar-refractivity contribution < 1.29 is 32.7 Å². The number of hydrogen-bond acceptors (Lipinski definition) is 4. The fraction of sp³-hybridized carbons (Fsp3) is 0.182. The van der Waals surface area contributed by atoms with Crippen LogP contribution in [0.5, 0.6) is 0 Å². The van der Waals surface area contributed by atoms with E-state index < -0.39 is 41.1 Å². The van der Waals surface area contributed by atoms with Crippen LogP contribution in [0.2, 0.25) is 0 Å². The molecule has 0 spiro atoms. The zero-order chi connectivity index (χ0) is 14.9. The molecule has 106 valence electrons. The molecule has 6 nitrogen and oxygen atoms in total. The van der Waals surface area contributed by atoms with Gasteiger partial charge in [-0.15, -0.1) is 0 Å². The van der Waals surface area contributed by atoms with Gasteiger partial charge in [0.1, 0.15) is 5.82 Å². The molecule has 1 unspecified atom stereocenters. The second kappa shape index (κ2) is 5.19. The number of nitrogens with one attached hydrogen (secondary N) is 1. The van der Waals surface area contributed by atoms with Gasteiger partial charge in [0.05, 0.1) is 5.69 Å². The summed E-state index contributed by atoms with van der Waals surface area (Å²) in [6.45, 7) is 0. The van der Waals surface area contributed by atoms with Gasteiger partial charge < -0.3 is 15.3 Å². The van der Waals surface area contributed by atoms with E-state index in [-0.39, 0.29) is 12.1 Å². The topological polar surface area (TPSA) is 88.0 Å². The summed E-state index contributed by atoms with van der Waals surface area (Å²) in [4.78, 5) is 26.8. The van der Waals surface area contributed by atoms with Crippen molar-refractivity contribution >= 4 is 23.3 Å². The second-order valence-corrected chi connectivity index (χ2v) is 3.88. The first-order valence-electron chi connectivity index (χ1n) is 5.30. The fourth-order valence-corrected chi connectivity index (χ4v) is 1.50. The molecule has 1 aromatic rings. The number of carbonyl (C=O) groups excluding carboxylic acids is 1. The molecule has 0 radical (unpaired) electrons. The highest BCUT2D eigenvalue weighted by Crippen LogP contribution is 2.20. The Labute approximate surface area is 109 Å². The van der Waals surface area contributed by atoms with Gasteiger partial charge >= 0.3 is 5.97 Å². The lowest BCUT2D eigenvalue weighted by molar-refractivity contribution is -0.129. The van der Waals surface area contributed by atoms with Gasteiger partial charge in [-0.3, -0.25) is 4.79 Å². The maximum Gasteiger partial charge on any atom is 0.353 e. The maximum atomic E-state index is 13.3. The Morgan fingerprint density at radius 1 is 1.35 bits per heavy atom. The third kappa shape index (κ3) is 2.71. The van der Waals surface area contributed by atoms with Crippen molar-refractivity contribution in [2.45, 2.75) is 12.5 Å². The normalized spacial score (nSPS) is 17.4. The highest BCUT2D eigenvalue weighted by atomic mass is 19.2. The van der Waals surface area contributed by atoms with E-state index in [1.54, 1.807) is 0 Å². The van der Waals surface area contributed by atoms with Gasteiger partial charge in [0.25, 0.3) is 5.91 Å². The average molecular weight is 288 g/mol. The molecule has 0 saturated heterocycles. The first kappa shape index (κ1) is 13.8. The van der Waals surface area contributed by atoms with E-state index in [1.165, 1.54) is 0 Å². The summed E-state index contributed by atoms with van der Waals surface area (Å²) < 4.78 is 39.2. The third-order valence-electron chi connectivity index (χ3n) is 2.46. The number of aliphatic carboxylic acids is 1. The fourth-order valence-electron chi connectivity index (χ4n) is 1.50. The molecule has 0 aliphatic carbocycles. The number of carbonyl (C=O) groups is 2. The molecule has 1 aliphatic heterocycles. The van der Waals surface area contributed by atoms with Crippen LogP contribution in [0.15, 0.2) is 17.3 Å². The van der Waals surface area contributed by atoms with E-state index in [1.807, 2.05) is 5.32 Å². The number of rotatable bonds is 3. The number of halogens is 3. The molecule has 0 aromatic heterocycles. The van der Waals surface area contributed by atoms with E-state index in [9.17, 15) is 22.8 Å². The first-order valence-corrected chi connectivity index (χ1v) is 5.30. The van der Waals surface area contributed by atoms with Crippen molar-refractivity contribution in [2.24, 2.45) is 5.16 Å². The molecule has 1 atom stereocenters. The van der Waals surface area contributed by atoms with Crippen molar-refractivity contribution in [1.82, 2.24) is 0 Å². The van der Waals surface area contributed by atoms with Gasteiger partial charge in [-0.2, -0.15) is 0 Å². The predicted molar refractivity (Wildman–Crippen MR) is 59.5 cm³/mol. The number of carboxylic acids is 1. The van der Waals surface area contributed by atoms with E-state index >= 15 is 0 Å². The Bertz CT molecular complexity index is 618. The Morgan fingerprint density at radius 3 is 2.65 bits per heavy atom. The standard InChI is InChI=1S/C11H7F3N2O4/c12-4-1-5(13)9(14)6(2-4)15-10(17)8-3-7(11(18)19)16-20-8/h1-2,8H,3H2,(H,15,17)(H,18,19). The Kier molecular flexibility index (Phi) is 3.59. The number of benzene rings is 1. The lowest BCUT2D eigenvalue weighted by Gasteiger charge is -2.10. The summed E-state index contributed by atoms with van der Waals surface area (Å²) in [7, 11) is 0. The van der Waals surface area contributed by atoms with Crippen LogP contribution < -0.4 is 5.32 Å². The summed E-state index contributed by atoms with van der Waals surface area (Å²) in [5, 5.41) is 13.7. The van der Waals surface area contributed by atoms with Gasteiger partial charge in [0.2, 0.25) is 6.10 Å². The number of carboxylic acid groups (broad SMARTS) is 1. The molecule has 1 amide bonds. The molecular formula is C11H7F3N2O4. The first-order chi connectivity index (χ1) is 9.38. The Balaban J connectivity index is 2.09. The number of nitrogens with zero attached hydrogens (tertiary/aromatic N) is 1. The second-order valence-electron chi connectivity index (χ2n) is 3.88. The van der Waals surface area contributed by atoms with Gasteiger partial charge in [-0.05, 0) is 0 Å². The zero-order valence-corrected chi connectivity index (χ0v) is 9.69. The van der Waals surface area contributed by atoms with Crippen LogP contribution in [-0.4, -0.2) is 28.8 Å². The van der Waals surface area contributed by atoms with Crippen molar-refractivity contribution in [3.63, 3.8) is 0 Å². The van der Waals surface area contributed by atoms with E-state index in [4.69, 9.17) is 5.11 Å². The summed E-state index contributed by atoms with van der Waals surface area (Å²) >= 11 is 0. The van der Waals surface area contributed by atoms with Crippen molar-refractivity contribution in [2.75, 3.05) is 5.32 Å². The summed E-state index contributed by atoms with van der Waals surface area (Å²) in [6, 6.07) is 0.910. The van der Waals surface area contributed by atoms with Crippen LogP contribution in [0.3, 0.4) is 0 Å². The van der Waals surface area contributed by atoms with Crippen LogP contribution in [0, 0.1) is 17.5 Å². The molecule has 0 fully saturated rings. The minimum atomic E-state index is -1.46. The quantitative estimate of drug-likeness (QED) is 0.820. The molecule has 0 bridgehead atoms. The lowest BCUT2D eigenvalue weighted by atomic mass is 10.1. The molecule has 0 saturated carbocycles. The van der Waals surface area contributed by atoms with Gasteiger partial charge in [-0.25, -0.2) is 18.0 Å². The average Bonchev–Trinajstić information content (AvgIpc) is 2.85. The number of amides is 1. The van der Waals surface area contributed by atoms with Crippen molar-refractivity contribution in [1.29, 1.82) is 0 Å². The Hall–Kier alpha value is -2.58. The van der Waals surface area contributed by atoms with E-state index in [0.29, 0.717) is 12.1 Å². The number of oxime groups is 1.